The van der Waals surface area contributed by atoms with Crippen LogP contribution in [0, 0.1) is 5.41 Å². The minimum atomic E-state index is -0.152. The van der Waals surface area contributed by atoms with Gasteiger partial charge in [-0.05, 0) is 31.2 Å². The van der Waals surface area contributed by atoms with E-state index in [1.54, 1.807) is 11.8 Å². The molecule has 2 aliphatic rings. The van der Waals surface area contributed by atoms with Crippen molar-refractivity contribution in [3.05, 3.63) is 29.2 Å². The smallest absolute Gasteiger partial charge is 0.104 e. The molecule has 110 valence electrons. The van der Waals surface area contributed by atoms with E-state index >= 15 is 0 Å². The topological polar surface area (TPSA) is 48.7 Å². The quantitative estimate of drug-likeness (QED) is 0.927. The summed E-state index contributed by atoms with van der Waals surface area (Å²) >= 11 is 1.70. The Morgan fingerprint density at radius 2 is 2.24 bits per heavy atom. The molecule has 0 amide bonds. The van der Waals surface area contributed by atoms with Crippen molar-refractivity contribution in [1.29, 1.82) is 5.41 Å². The summed E-state index contributed by atoms with van der Waals surface area (Å²) in [7, 11) is 4.07. The number of hydrogen-bond acceptors (Lipinski definition) is 5. The Balaban J connectivity index is 1.96. The predicted molar refractivity (Wildman–Crippen MR) is 89.6 cm³/mol. The van der Waals surface area contributed by atoms with Gasteiger partial charge < -0.3 is 15.0 Å². The highest BCUT2D eigenvalue weighted by molar-refractivity contribution is 8.04. The lowest BCUT2D eigenvalue weighted by Crippen LogP contribution is -2.30. The summed E-state index contributed by atoms with van der Waals surface area (Å²) in [4.78, 5) is 9.09. The van der Waals surface area contributed by atoms with Crippen molar-refractivity contribution in [1.82, 2.24) is 0 Å². The fourth-order valence-corrected chi connectivity index (χ4v) is 3.53. The maximum absolute atomic E-state index is 8.09. The molecule has 0 saturated carbocycles. The average Bonchev–Trinajstić information content (AvgIpc) is 2.45. The molecule has 0 spiro atoms. The number of aliphatic imine (C=N–C) groups is 1. The molecule has 1 atom stereocenters. The summed E-state index contributed by atoms with van der Waals surface area (Å²) in [6.07, 6.45) is 2.44. The van der Waals surface area contributed by atoms with Crippen LogP contribution in [0.3, 0.4) is 0 Å². The lowest BCUT2D eigenvalue weighted by molar-refractivity contribution is 0.114. The highest BCUT2D eigenvalue weighted by Gasteiger charge is 2.28. The molecule has 1 unspecified atom stereocenters. The Kier molecular flexibility index (Phi) is 3.87. The van der Waals surface area contributed by atoms with Gasteiger partial charge in [-0.1, -0.05) is 11.8 Å². The van der Waals surface area contributed by atoms with E-state index in [9.17, 15) is 0 Å². The molecule has 1 aromatic rings. The van der Waals surface area contributed by atoms with Crippen LogP contribution in [0.2, 0.25) is 0 Å². The summed E-state index contributed by atoms with van der Waals surface area (Å²) in [6.45, 7) is 2.58. The number of ether oxygens (including phenoxy) is 1. The monoisotopic (exact) mass is 301 g/mol. The maximum Gasteiger partial charge on any atom is 0.104 e. The maximum atomic E-state index is 8.09. The number of benzene rings is 1. The minimum absolute atomic E-state index is 0.152. The van der Waals surface area contributed by atoms with Gasteiger partial charge in [0.2, 0.25) is 0 Å². The van der Waals surface area contributed by atoms with Gasteiger partial charge in [0.1, 0.15) is 6.10 Å². The number of rotatable bonds is 3. The second-order valence-corrected chi connectivity index (χ2v) is 6.40. The molecule has 1 heterocycles. The Morgan fingerprint density at radius 1 is 1.43 bits per heavy atom. The number of thioether (sulfide) groups is 1. The molecule has 0 radical (unpaired) electrons. The zero-order chi connectivity index (χ0) is 15.0. The molecule has 21 heavy (non-hydrogen) atoms. The third kappa shape index (κ3) is 2.76. The molecule has 0 aromatic heterocycles. The molecule has 0 fully saturated rings. The van der Waals surface area contributed by atoms with Crippen molar-refractivity contribution >= 4 is 34.6 Å². The minimum Gasteiger partial charge on any atom is -0.378 e. The van der Waals surface area contributed by atoms with Crippen LogP contribution in [0.4, 0.5) is 11.4 Å². The van der Waals surface area contributed by atoms with E-state index in [1.165, 1.54) is 5.69 Å². The largest absolute Gasteiger partial charge is 0.378 e. The van der Waals surface area contributed by atoms with Crippen molar-refractivity contribution in [3.8, 4) is 0 Å². The van der Waals surface area contributed by atoms with Crippen LogP contribution in [0.5, 0.6) is 0 Å². The first-order chi connectivity index (χ1) is 10.1. The lowest BCUT2D eigenvalue weighted by atomic mass is 10.00. The molecule has 1 aliphatic carbocycles. The summed E-state index contributed by atoms with van der Waals surface area (Å²) < 4.78 is 5.62. The van der Waals surface area contributed by atoms with Crippen molar-refractivity contribution in [2.45, 2.75) is 24.3 Å². The van der Waals surface area contributed by atoms with Crippen molar-refractivity contribution < 1.29 is 4.74 Å². The number of allylic oxidation sites excluding steroid dienone is 1. The fraction of sp³-hybridized carbons (Fsp3) is 0.375. The summed E-state index contributed by atoms with van der Waals surface area (Å²) in [5.41, 5.74) is 3.77. The fourth-order valence-electron chi connectivity index (χ4n) is 2.46. The second kappa shape index (κ2) is 5.66. The predicted octanol–water partition coefficient (Wildman–Crippen LogP) is 3.64. The van der Waals surface area contributed by atoms with Crippen molar-refractivity contribution in [2.75, 3.05) is 25.6 Å². The van der Waals surface area contributed by atoms with Crippen LogP contribution >= 0.6 is 11.8 Å². The van der Waals surface area contributed by atoms with Crippen molar-refractivity contribution in [3.63, 3.8) is 0 Å². The van der Waals surface area contributed by atoms with Crippen LogP contribution in [-0.2, 0) is 4.74 Å². The van der Waals surface area contributed by atoms with Crippen LogP contribution in [0.25, 0.3) is 0 Å². The highest BCUT2D eigenvalue weighted by Crippen LogP contribution is 2.44. The van der Waals surface area contributed by atoms with E-state index in [2.05, 4.69) is 23.1 Å². The van der Waals surface area contributed by atoms with Crippen LogP contribution in [0.1, 0.15) is 13.3 Å². The molecule has 4 nitrogen and oxygen atoms in total. The van der Waals surface area contributed by atoms with E-state index in [1.807, 2.05) is 27.1 Å². The van der Waals surface area contributed by atoms with Gasteiger partial charge in [0.05, 0.1) is 17.1 Å². The molecule has 0 saturated heterocycles. The van der Waals surface area contributed by atoms with E-state index in [0.717, 1.165) is 21.2 Å². The first-order valence-corrected chi connectivity index (χ1v) is 7.89. The number of anilines is 1. The van der Waals surface area contributed by atoms with Crippen LogP contribution < -0.4 is 4.90 Å². The first kappa shape index (κ1) is 14.4. The standard InChI is InChI=1S/C16H19N3OS/c1-4-20-14-9-13-16(8-11(14)17)21-15-7-10(19(2)3)5-6-12(15)18-13/h5-8,14,17H,4,9H2,1-3H3. The summed E-state index contributed by atoms with van der Waals surface area (Å²) in [5, 5.41) is 8.09. The van der Waals surface area contributed by atoms with E-state index in [-0.39, 0.29) is 6.10 Å². The number of nitrogens with zero attached hydrogens (tertiary/aromatic N) is 2. The van der Waals surface area contributed by atoms with Gasteiger partial charge in [-0.25, -0.2) is 0 Å². The molecule has 5 heteroatoms. The molecular formula is C16H19N3OS. The molecule has 1 aliphatic heterocycles. The van der Waals surface area contributed by atoms with Gasteiger partial charge in [-0.15, -0.1) is 0 Å². The zero-order valence-corrected chi connectivity index (χ0v) is 13.3. The molecule has 1 aromatic carbocycles. The van der Waals surface area contributed by atoms with Gasteiger partial charge in [0, 0.05) is 42.6 Å². The van der Waals surface area contributed by atoms with E-state index in [4.69, 9.17) is 15.1 Å². The zero-order valence-electron chi connectivity index (χ0n) is 12.5. The Labute approximate surface area is 129 Å². The Hall–Kier alpha value is -1.59. The van der Waals surface area contributed by atoms with Gasteiger partial charge in [0.25, 0.3) is 0 Å². The molecule has 1 N–H and O–H groups in total. The molecule has 0 bridgehead atoms. The number of hydrogen-bond donors (Lipinski definition) is 1. The average molecular weight is 301 g/mol. The Bertz CT molecular complexity index is 649. The van der Waals surface area contributed by atoms with Crippen LogP contribution in [-0.4, -0.2) is 38.2 Å². The molecular weight excluding hydrogens is 282 g/mol. The van der Waals surface area contributed by atoms with Crippen LogP contribution in [0.15, 0.2) is 39.1 Å². The van der Waals surface area contributed by atoms with E-state index < -0.39 is 0 Å². The number of fused-ring (bicyclic) bond motifs is 2. The second-order valence-electron chi connectivity index (χ2n) is 5.32. The summed E-state index contributed by atoms with van der Waals surface area (Å²) in [5.74, 6) is 0. The first-order valence-electron chi connectivity index (χ1n) is 7.07. The summed E-state index contributed by atoms with van der Waals surface area (Å²) in [6, 6.07) is 6.31. The SMILES string of the molecule is CCOC1CC2=Nc3ccc(N(C)C)cc3SC2=CC1=N. The van der Waals surface area contributed by atoms with Gasteiger partial charge in [-0.2, -0.15) is 0 Å². The van der Waals surface area contributed by atoms with Crippen molar-refractivity contribution in [2.24, 2.45) is 4.99 Å². The van der Waals surface area contributed by atoms with Gasteiger partial charge in [-0.3, -0.25) is 4.99 Å². The normalized spacial score (nSPS) is 20.3. The molecule has 3 rings (SSSR count). The number of nitrogens with one attached hydrogen (secondary N) is 1. The third-order valence-electron chi connectivity index (χ3n) is 3.60. The highest BCUT2D eigenvalue weighted by atomic mass is 32.2. The van der Waals surface area contributed by atoms with E-state index in [0.29, 0.717) is 18.7 Å². The third-order valence-corrected chi connectivity index (χ3v) is 4.72. The van der Waals surface area contributed by atoms with Gasteiger partial charge >= 0.3 is 0 Å². The Morgan fingerprint density at radius 3 is 2.95 bits per heavy atom. The lowest BCUT2D eigenvalue weighted by Gasteiger charge is -2.27. The van der Waals surface area contributed by atoms with Gasteiger partial charge in [0.15, 0.2) is 0 Å².